The van der Waals surface area contributed by atoms with Gasteiger partial charge in [0, 0.05) is 31.1 Å². The molecule has 156 valence electrons. The van der Waals surface area contributed by atoms with Crippen LogP contribution in [-0.4, -0.2) is 53.4 Å². The first-order valence-electron chi connectivity index (χ1n) is 9.34. The monoisotopic (exact) mass is 433 g/mol. The molecule has 0 fully saturated rings. The molecule has 0 aromatic carbocycles. The van der Waals surface area contributed by atoms with Crippen LogP contribution in [0.4, 0.5) is 11.5 Å². The number of nitrogens with zero attached hydrogens (tertiary/aromatic N) is 5. The van der Waals surface area contributed by atoms with Crippen LogP contribution in [0.5, 0.6) is 0 Å². The predicted octanol–water partition coefficient (Wildman–Crippen LogP) is 2.31. The SMILES string of the molecule is [C-]#[N+]c1c(NCCO)nc(SCc2ccnc(C(=O)NC)c2)c(C#N)c1C1=NCC=C1. The number of pyridine rings is 2. The van der Waals surface area contributed by atoms with Crippen molar-refractivity contribution in [2.24, 2.45) is 4.99 Å². The van der Waals surface area contributed by atoms with E-state index in [9.17, 15) is 15.2 Å². The average Bonchev–Trinajstić information content (AvgIpc) is 3.34. The lowest BCUT2D eigenvalue weighted by atomic mass is 10.0. The zero-order chi connectivity index (χ0) is 22.2. The largest absolute Gasteiger partial charge is 0.395 e. The molecule has 31 heavy (non-hydrogen) atoms. The number of rotatable bonds is 8. The number of aliphatic imine (C=N–C) groups is 1. The zero-order valence-electron chi connectivity index (χ0n) is 16.7. The molecule has 0 atom stereocenters. The van der Waals surface area contributed by atoms with Gasteiger partial charge in [-0.1, -0.05) is 6.08 Å². The maximum absolute atomic E-state index is 11.8. The standard InChI is InChI=1S/C21H19N7O2S/c1-23-18-17(15-4-3-6-25-15)14(11-22)21(28-19(18)27-8-9-29)31-12-13-5-7-26-16(10-13)20(30)24-2/h3-5,7,10,29H,6,8-9,12H2,2H3,(H,24,30)(H,27,28). The van der Waals surface area contributed by atoms with Crippen molar-refractivity contribution in [1.29, 1.82) is 5.26 Å². The highest BCUT2D eigenvalue weighted by atomic mass is 32.2. The Kier molecular flexibility index (Phi) is 7.33. The van der Waals surface area contributed by atoms with E-state index in [2.05, 4.69) is 36.5 Å². The van der Waals surface area contributed by atoms with Crippen LogP contribution in [0.3, 0.4) is 0 Å². The summed E-state index contributed by atoms with van der Waals surface area (Å²) in [6.07, 6.45) is 5.20. The Morgan fingerprint density at radius 1 is 1.48 bits per heavy atom. The number of allylic oxidation sites excluding steroid dienone is 1. The van der Waals surface area contributed by atoms with Gasteiger partial charge in [0.15, 0.2) is 0 Å². The number of anilines is 1. The number of aliphatic hydroxyl groups excluding tert-OH is 1. The fourth-order valence-corrected chi connectivity index (χ4v) is 3.85. The Bertz CT molecular complexity index is 1150. The third-order valence-electron chi connectivity index (χ3n) is 4.32. The van der Waals surface area contributed by atoms with Crippen LogP contribution >= 0.6 is 11.8 Å². The van der Waals surface area contributed by atoms with Gasteiger partial charge < -0.3 is 15.7 Å². The minimum absolute atomic E-state index is 0.128. The Morgan fingerprint density at radius 3 is 2.97 bits per heavy atom. The number of aromatic nitrogens is 2. The normalized spacial score (nSPS) is 12.1. The molecule has 1 aliphatic rings. The second kappa shape index (κ2) is 10.3. The zero-order valence-corrected chi connectivity index (χ0v) is 17.5. The molecule has 0 bridgehead atoms. The van der Waals surface area contributed by atoms with E-state index in [0.29, 0.717) is 40.1 Å². The van der Waals surface area contributed by atoms with Gasteiger partial charge in [0.1, 0.15) is 22.6 Å². The lowest BCUT2D eigenvalue weighted by Gasteiger charge is -2.15. The van der Waals surface area contributed by atoms with Crippen LogP contribution in [0.1, 0.15) is 27.2 Å². The fourth-order valence-electron chi connectivity index (χ4n) is 2.92. The van der Waals surface area contributed by atoms with E-state index in [1.807, 2.05) is 6.08 Å². The molecular weight excluding hydrogens is 414 g/mol. The van der Waals surface area contributed by atoms with Gasteiger partial charge in [-0.25, -0.2) is 9.83 Å². The number of thioether (sulfide) groups is 1. The fraction of sp³-hybridized carbons (Fsp3) is 0.238. The molecule has 0 radical (unpaired) electrons. The Labute approximate surface area is 183 Å². The average molecular weight is 433 g/mol. The number of hydrogen-bond donors (Lipinski definition) is 3. The lowest BCUT2D eigenvalue weighted by molar-refractivity contribution is 0.0958. The first-order valence-corrected chi connectivity index (χ1v) is 10.3. The number of aliphatic hydroxyl groups is 1. The van der Waals surface area contributed by atoms with Gasteiger partial charge in [-0.2, -0.15) is 5.26 Å². The van der Waals surface area contributed by atoms with Crippen molar-refractivity contribution in [1.82, 2.24) is 15.3 Å². The highest BCUT2D eigenvalue weighted by Crippen LogP contribution is 2.38. The topological polar surface area (TPSA) is 128 Å². The Morgan fingerprint density at radius 2 is 2.32 bits per heavy atom. The third-order valence-corrected chi connectivity index (χ3v) is 5.37. The van der Waals surface area contributed by atoms with Crippen molar-refractivity contribution >= 4 is 34.9 Å². The van der Waals surface area contributed by atoms with Crippen LogP contribution in [-0.2, 0) is 5.75 Å². The van der Waals surface area contributed by atoms with Crippen molar-refractivity contribution in [3.63, 3.8) is 0 Å². The summed E-state index contributed by atoms with van der Waals surface area (Å²) < 4.78 is 0. The van der Waals surface area contributed by atoms with E-state index in [-0.39, 0.29) is 30.3 Å². The van der Waals surface area contributed by atoms with Crippen LogP contribution in [0.25, 0.3) is 4.85 Å². The van der Waals surface area contributed by atoms with Gasteiger partial charge in [0.25, 0.3) is 5.91 Å². The summed E-state index contributed by atoms with van der Waals surface area (Å²) in [5, 5.41) is 25.0. The molecule has 3 rings (SSSR count). The highest BCUT2D eigenvalue weighted by molar-refractivity contribution is 7.98. The molecule has 0 unspecified atom stereocenters. The third kappa shape index (κ3) is 4.89. The Balaban J connectivity index is 2.02. The van der Waals surface area contributed by atoms with Crippen LogP contribution < -0.4 is 10.6 Å². The second-order valence-electron chi connectivity index (χ2n) is 6.28. The number of carbonyl (C=O) groups excluding carboxylic acids is 1. The molecule has 0 saturated heterocycles. The van der Waals surface area contributed by atoms with Gasteiger partial charge in [-0.3, -0.25) is 14.8 Å². The van der Waals surface area contributed by atoms with Crippen molar-refractivity contribution in [2.45, 2.75) is 10.8 Å². The van der Waals surface area contributed by atoms with Gasteiger partial charge in [0.2, 0.25) is 5.69 Å². The summed E-state index contributed by atoms with van der Waals surface area (Å²) >= 11 is 1.31. The molecule has 2 aromatic heterocycles. The summed E-state index contributed by atoms with van der Waals surface area (Å²) in [6, 6.07) is 5.65. The molecule has 1 amide bonds. The summed E-state index contributed by atoms with van der Waals surface area (Å²) in [6.45, 7) is 8.20. The molecule has 0 spiro atoms. The molecule has 0 aliphatic carbocycles. The summed E-state index contributed by atoms with van der Waals surface area (Å²) in [5.41, 5.74) is 2.61. The maximum Gasteiger partial charge on any atom is 0.269 e. The van der Waals surface area contributed by atoms with Crippen molar-refractivity contribution < 1.29 is 9.90 Å². The van der Waals surface area contributed by atoms with E-state index < -0.39 is 0 Å². The molecule has 3 N–H and O–H groups in total. The molecular formula is C21H19N7O2S. The first kappa shape index (κ1) is 22.0. The smallest absolute Gasteiger partial charge is 0.269 e. The van der Waals surface area contributed by atoms with Gasteiger partial charge in [-0.15, -0.1) is 11.8 Å². The van der Waals surface area contributed by atoms with Crippen LogP contribution in [0.2, 0.25) is 0 Å². The van der Waals surface area contributed by atoms with E-state index >= 15 is 0 Å². The van der Waals surface area contributed by atoms with E-state index in [1.54, 1.807) is 24.4 Å². The number of hydrogen-bond acceptors (Lipinski definition) is 8. The summed E-state index contributed by atoms with van der Waals surface area (Å²) in [4.78, 5) is 28.4. The van der Waals surface area contributed by atoms with Crippen molar-refractivity contribution in [2.75, 3.05) is 32.1 Å². The molecule has 0 saturated carbocycles. The number of amides is 1. The Hall–Kier alpha value is -3.73. The number of nitriles is 1. The predicted molar refractivity (Wildman–Crippen MR) is 119 cm³/mol. The minimum atomic E-state index is -0.284. The maximum atomic E-state index is 11.8. The number of carbonyl (C=O) groups is 1. The first-order chi connectivity index (χ1) is 15.1. The van der Waals surface area contributed by atoms with Crippen molar-refractivity contribution in [3.05, 3.63) is 64.3 Å². The number of nitrogens with one attached hydrogen (secondary N) is 2. The molecule has 3 heterocycles. The van der Waals surface area contributed by atoms with Crippen LogP contribution in [0, 0.1) is 17.9 Å². The van der Waals surface area contributed by atoms with Crippen LogP contribution in [0.15, 0.2) is 40.5 Å². The van der Waals surface area contributed by atoms with E-state index in [0.717, 1.165) is 5.56 Å². The van der Waals surface area contributed by atoms with Gasteiger partial charge in [-0.05, 0) is 23.8 Å². The van der Waals surface area contributed by atoms with E-state index in [4.69, 9.17) is 6.57 Å². The quantitative estimate of drug-likeness (QED) is 0.430. The molecule has 9 nitrogen and oxygen atoms in total. The van der Waals surface area contributed by atoms with Gasteiger partial charge in [0.05, 0.1) is 31.0 Å². The van der Waals surface area contributed by atoms with Gasteiger partial charge >= 0.3 is 0 Å². The molecule has 10 heteroatoms. The summed E-state index contributed by atoms with van der Waals surface area (Å²) in [7, 11) is 1.54. The van der Waals surface area contributed by atoms with E-state index in [1.165, 1.54) is 18.8 Å². The molecule has 2 aromatic rings. The minimum Gasteiger partial charge on any atom is -0.395 e. The molecule has 1 aliphatic heterocycles. The highest BCUT2D eigenvalue weighted by Gasteiger charge is 2.24. The summed E-state index contributed by atoms with van der Waals surface area (Å²) in [5.74, 6) is 0.449. The lowest BCUT2D eigenvalue weighted by Crippen LogP contribution is -2.19. The second-order valence-corrected chi connectivity index (χ2v) is 7.25. The van der Waals surface area contributed by atoms with Crippen molar-refractivity contribution in [3.8, 4) is 6.07 Å².